The number of benzene rings is 2. The van der Waals surface area contributed by atoms with Crippen molar-refractivity contribution in [3.63, 3.8) is 0 Å². The van der Waals surface area contributed by atoms with E-state index in [-0.39, 0.29) is 11.7 Å². The molecule has 1 aliphatic rings. The number of phenolic OH excluding ortho intramolecular Hbond substituents is 1. The molecule has 1 aliphatic heterocycles. The molecule has 0 aromatic heterocycles. The van der Waals surface area contributed by atoms with Gasteiger partial charge in [-0.2, -0.15) is 0 Å². The second-order valence-corrected chi connectivity index (χ2v) is 6.63. The lowest BCUT2D eigenvalue weighted by molar-refractivity contribution is -0.131. The molecular formula is C22H26N2O3. The Balaban J connectivity index is 1.47. The first-order valence-corrected chi connectivity index (χ1v) is 9.30. The number of rotatable bonds is 7. The van der Waals surface area contributed by atoms with Gasteiger partial charge in [0.25, 0.3) is 0 Å². The van der Waals surface area contributed by atoms with Crippen molar-refractivity contribution in [2.75, 3.05) is 37.7 Å². The number of aryl methyl sites for hydroxylation is 1. The van der Waals surface area contributed by atoms with Gasteiger partial charge < -0.3 is 19.6 Å². The maximum atomic E-state index is 12.5. The van der Waals surface area contributed by atoms with Crippen LogP contribution in [0.2, 0.25) is 0 Å². The maximum absolute atomic E-state index is 12.5. The fraction of sp³-hybridized carbons (Fsp3) is 0.318. The predicted molar refractivity (Wildman–Crippen MR) is 107 cm³/mol. The van der Waals surface area contributed by atoms with Crippen molar-refractivity contribution in [3.8, 4) is 11.5 Å². The third-order valence-corrected chi connectivity index (χ3v) is 4.74. The molecule has 0 radical (unpaired) electrons. The lowest BCUT2D eigenvalue weighted by Crippen LogP contribution is -2.48. The van der Waals surface area contributed by atoms with E-state index in [0.717, 1.165) is 43.2 Å². The van der Waals surface area contributed by atoms with Crippen molar-refractivity contribution in [1.82, 2.24) is 4.90 Å². The second-order valence-electron chi connectivity index (χ2n) is 6.63. The predicted octanol–water partition coefficient (Wildman–Crippen LogP) is 3.24. The van der Waals surface area contributed by atoms with Crippen molar-refractivity contribution in [3.05, 3.63) is 66.7 Å². The summed E-state index contributed by atoms with van der Waals surface area (Å²) in [4.78, 5) is 16.7. The van der Waals surface area contributed by atoms with E-state index in [1.807, 2.05) is 41.3 Å². The van der Waals surface area contributed by atoms with Crippen molar-refractivity contribution in [2.45, 2.75) is 12.8 Å². The third-order valence-electron chi connectivity index (χ3n) is 4.74. The lowest BCUT2D eigenvalue weighted by atomic mass is 10.1. The van der Waals surface area contributed by atoms with E-state index in [9.17, 15) is 9.90 Å². The lowest BCUT2D eigenvalue weighted by Gasteiger charge is -2.36. The zero-order valence-corrected chi connectivity index (χ0v) is 15.5. The summed E-state index contributed by atoms with van der Waals surface area (Å²) in [5.41, 5.74) is 2.18. The number of phenols is 1. The molecule has 1 heterocycles. The van der Waals surface area contributed by atoms with Gasteiger partial charge in [0.2, 0.25) is 5.91 Å². The van der Waals surface area contributed by atoms with Crippen molar-refractivity contribution in [1.29, 1.82) is 0 Å². The molecule has 1 saturated heterocycles. The molecule has 0 spiro atoms. The summed E-state index contributed by atoms with van der Waals surface area (Å²) in [7, 11) is 0. The standard InChI is InChI=1S/C22H26N2O3/c1-2-16-27-21-5-3-4-18(17-21)6-11-22(26)24-14-12-23(13-15-24)19-7-9-20(25)10-8-19/h2-5,7-10,17,25H,1,6,11-16H2. The summed E-state index contributed by atoms with van der Waals surface area (Å²) >= 11 is 0. The van der Waals surface area contributed by atoms with E-state index in [1.165, 1.54) is 0 Å². The highest BCUT2D eigenvalue weighted by atomic mass is 16.5. The molecule has 1 amide bonds. The molecule has 27 heavy (non-hydrogen) atoms. The molecule has 5 nitrogen and oxygen atoms in total. The zero-order valence-electron chi connectivity index (χ0n) is 15.5. The fourth-order valence-corrected chi connectivity index (χ4v) is 3.23. The smallest absolute Gasteiger partial charge is 0.223 e. The number of anilines is 1. The van der Waals surface area contributed by atoms with Crippen LogP contribution in [0, 0.1) is 0 Å². The number of aromatic hydroxyl groups is 1. The molecule has 1 fully saturated rings. The van der Waals surface area contributed by atoms with Crippen molar-refractivity contribution in [2.24, 2.45) is 0 Å². The molecule has 0 aliphatic carbocycles. The maximum Gasteiger partial charge on any atom is 0.223 e. The first-order chi connectivity index (χ1) is 13.2. The monoisotopic (exact) mass is 366 g/mol. The minimum atomic E-state index is 0.192. The van der Waals surface area contributed by atoms with Crippen LogP contribution in [-0.4, -0.2) is 48.7 Å². The van der Waals surface area contributed by atoms with E-state index in [0.29, 0.717) is 19.4 Å². The van der Waals surface area contributed by atoms with Crippen LogP contribution in [0.1, 0.15) is 12.0 Å². The molecule has 2 aromatic carbocycles. The van der Waals surface area contributed by atoms with Crippen LogP contribution in [-0.2, 0) is 11.2 Å². The van der Waals surface area contributed by atoms with E-state index in [2.05, 4.69) is 11.5 Å². The van der Waals surface area contributed by atoms with Gasteiger partial charge >= 0.3 is 0 Å². The Morgan fingerprint density at radius 2 is 1.85 bits per heavy atom. The molecule has 0 saturated carbocycles. The van der Waals surface area contributed by atoms with E-state index >= 15 is 0 Å². The van der Waals surface area contributed by atoms with Gasteiger partial charge in [-0.05, 0) is 48.4 Å². The SMILES string of the molecule is C=CCOc1cccc(CCC(=O)N2CCN(c3ccc(O)cc3)CC2)c1. The number of amides is 1. The molecule has 2 aromatic rings. The Morgan fingerprint density at radius 1 is 1.11 bits per heavy atom. The Kier molecular flexibility index (Phi) is 6.36. The van der Waals surface area contributed by atoms with Crippen LogP contribution in [0.25, 0.3) is 0 Å². The van der Waals surface area contributed by atoms with E-state index < -0.39 is 0 Å². The van der Waals surface area contributed by atoms with Crippen LogP contribution in [0.5, 0.6) is 11.5 Å². The number of carbonyl (C=O) groups excluding carboxylic acids is 1. The summed E-state index contributed by atoms with van der Waals surface area (Å²) in [5, 5.41) is 9.40. The normalized spacial score (nSPS) is 14.1. The topological polar surface area (TPSA) is 53.0 Å². The van der Waals surface area contributed by atoms with Gasteiger partial charge in [-0.3, -0.25) is 4.79 Å². The first kappa shape index (κ1) is 18.8. The summed E-state index contributed by atoms with van der Waals surface area (Å²) in [5.74, 6) is 1.27. The Bertz CT molecular complexity index is 765. The van der Waals surface area contributed by atoms with E-state index in [4.69, 9.17) is 4.74 Å². The first-order valence-electron chi connectivity index (χ1n) is 9.30. The molecule has 142 valence electrons. The van der Waals surface area contributed by atoms with Gasteiger partial charge in [0.15, 0.2) is 0 Å². The van der Waals surface area contributed by atoms with Gasteiger partial charge in [-0.25, -0.2) is 0 Å². The minimum Gasteiger partial charge on any atom is -0.508 e. The molecule has 0 bridgehead atoms. The van der Waals surface area contributed by atoms with Crippen LogP contribution in [0.15, 0.2) is 61.2 Å². The Labute approximate surface area is 160 Å². The van der Waals surface area contributed by atoms with Gasteiger partial charge in [0, 0.05) is 38.3 Å². The number of ether oxygens (including phenoxy) is 1. The van der Waals surface area contributed by atoms with Gasteiger partial charge in [-0.1, -0.05) is 24.8 Å². The minimum absolute atomic E-state index is 0.192. The number of hydrogen-bond acceptors (Lipinski definition) is 4. The molecule has 5 heteroatoms. The van der Waals surface area contributed by atoms with Crippen LogP contribution in [0.4, 0.5) is 5.69 Å². The van der Waals surface area contributed by atoms with Crippen molar-refractivity contribution < 1.29 is 14.6 Å². The molecule has 3 rings (SSSR count). The number of hydrogen-bond donors (Lipinski definition) is 1. The summed E-state index contributed by atoms with van der Waals surface area (Å²) in [6, 6.07) is 15.1. The van der Waals surface area contributed by atoms with Crippen LogP contribution < -0.4 is 9.64 Å². The van der Waals surface area contributed by atoms with Gasteiger partial charge in [0.05, 0.1) is 0 Å². The molecule has 1 N–H and O–H groups in total. The fourth-order valence-electron chi connectivity index (χ4n) is 3.23. The average Bonchev–Trinajstić information content (AvgIpc) is 2.71. The van der Waals surface area contributed by atoms with Gasteiger partial charge in [-0.15, -0.1) is 0 Å². The van der Waals surface area contributed by atoms with Gasteiger partial charge in [0.1, 0.15) is 18.1 Å². The van der Waals surface area contributed by atoms with Crippen molar-refractivity contribution >= 4 is 11.6 Å². The van der Waals surface area contributed by atoms with Crippen LogP contribution >= 0.6 is 0 Å². The summed E-state index contributed by atoms with van der Waals surface area (Å²) in [6.45, 7) is 7.19. The zero-order chi connectivity index (χ0) is 19.1. The highest BCUT2D eigenvalue weighted by Crippen LogP contribution is 2.20. The molecule has 0 unspecified atom stereocenters. The summed E-state index contributed by atoms with van der Waals surface area (Å²) < 4.78 is 5.55. The van der Waals surface area contributed by atoms with E-state index in [1.54, 1.807) is 18.2 Å². The quantitative estimate of drug-likeness (QED) is 0.765. The van der Waals surface area contributed by atoms with Crippen LogP contribution in [0.3, 0.4) is 0 Å². The highest BCUT2D eigenvalue weighted by molar-refractivity contribution is 5.76. The Hall–Kier alpha value is -2.95. The Morgan fingerprint density at radius 3 is 2.56 bits per heavy atom. The second kappa shape index (κ2) is 9.12. The number of nitrogens with zero attached hydrogens (tertiary/aromatic N) is 2. The highest BCUT2D eigenvalue weighted by Gasteiger charge is 2.21. The average molecular weight is 366 g/mol. The third kappa shape index (κ3) is 5.26. The largest absolute Gasteiger partial charge is 0.508 e. The summed E-state index contributed by atoms with van der Waals surface area (Å²) in [6.07, 6.45) is 2.93. The number of piperazine rings is 1. The molecular weight excluding hydrogens is 340 g/mol. The number of carbonyl (C=O) groups is 1. The molecule has 0 atom stereocenters.